The Kier molecular flexibility index (Phi) is 9.72. The molecule has 3 heterocycles. The number of nitrogens with one attached hydrogen (secondary N) is 1. The van der Waals surface area contributed by atoms with E-state index in [9.17, 15) is 24.3 Å². The van der Waals surface area contributed by atoms with E-state index in [1.807, 2.05) is 4.90 Å². The summed E-state index contributed by atoms with van der Waals surface area (Å²) >= 11 is 0. The maximum atomic E-state index is 14.4. The van der Waals surface area contributed by atoms with E-state index < -0.39 is 47.7 Å². The lowest BCUT2D eigenvalue weighted by molar-refractivity contribution is -0.160. The number of allylic oxidation sites excluding steroid dienone is 1. The molecule has 4 fully saturated rings. The monoisotopic (exact) mass is 559 g/mol. The van der Waals surface area contributed by atoms with Crippen LogP contribution in [0.3, 0.4) is 0 Å². The number of hydrogen-bond acceptors (Lipinski definition) is 7. The van der Waals surface area contributed by atoms with Crippen LogP contribution < -0.4 is 5.32 Å². The number of aliphatic hydroxyl groups excluding tert-OH is 1. The molecular formula is C30H45N3O7. The number of rotatable bonds is 13. The molecule has 2 bridgehead atoms. The fraction of sp³-hybridized carbons (Fsp3) is 0.733. The Hall–Kier alpha value is -2.72. The van der Waals surface area contributed by atoms with Gasteiger partial charge in [0.25, 0.3) is 0 Å². The standard InChI is InChI=1S/C30H45N3O7/c1-5-7-13-23(35)31-17-20(4)39-29(38)24-22-14-15-30(40-22)25(24)27(36)33(19(3)18-34)26(30)28(37)32(16-6-2)21-11-9-8-10-12-21/h5-6,19-22,24-26,34H,1-2,7-18H2,3-4H3,(H,31,35)/t19-,20-,22+,24-,25-,26+,30-/m1/s1. The molecule has 0 unspecified atom stereocenters. The second-order valence-electron chi connectivity index (χ2n) is 11.8. The lowest BCUT2D eigenvalue weighted by Crippen LogP contribution is -2.60. The predicted octanol–water partition coefficient (Wildman–Crippen LogP) is 2.10. The Bertz CT molecular complexity index is 996. The van der Waals surface area contributed by atoms with Crippen molar-refractivity contribution in [3.05, 3.63) is 25.3 Å². The van der Waals surface area contributed by atoms with Crippen LogP contribution in [0.2, 0.25) is 0 Å². The number of hydrogen-bond donors (Lipinski definition) is 2. The Morgan fingerprint density at radius 2 is 1.93 bits per heavy atom. The molecule has 1 saturated carbocycles. The molecule has 0 aromatic heterocycles. The van der Waals surface area contributed by atoms with Crippen LogP contribution in [0, 0.1) is 11.8 Å². The Morgan fingerprint density at radius 3 is 2.58 bits per heavy atom. The molecule has 0 aromatic carbocycles. The number of esters is 1. The van der Waals surface area contributed by atoms with Gasteiger partial charge >= 0.3 is 5.97 Å². The minimum Gasteiger partial charge on any atom is -0.460 e. The zero-order valence-electron chi connectivity index (χ0n) is 23.9. The van der Waals surface area contributed by atoms with Gasteiger partial charge in [0, 0.05) is 19.0 Å². The van der Waals surface area contributed by atoms with E-state index in [0.29, 0.717) is 32.2 Å². The molecule has 222 valence electrons. The summed E-state index contributed by atoms with van der Waals surface area (Å²) in [6.45, 7) is 11.1. The second-order valence-corrected chi connectivity index (χ2v) is 11.8. The van der Waals surface area contributed by atoms with Crippen LogP contribution in [-0.4, -0.2) is 94.2 Å². The molecule has 3 aliphatic heterocycles. The van der Waals surface area contributed by atoms with Crippen LogP contribution in [0.4, 0.5) is 0 Å². The summed E-state index contributed by atoms with van der Waals surface area (Å²) in [5.41, 5.74) is -1.15. The minimum absolute atomic E-state index is 0.0537. The topological polar surface area (TPSA) is 125 Å². The minimum atomic E-state index is -1.15. The molecule has 3 amide bonds. The van der Waals surface area contributed by atoms with Gasteiger partial charge in [-0.05, 0) is 46.0 Å². The van der Waals surface area contributed by atoms with Gasteiger partial charge in [-0.1, -0.05) is 31.4 Å². The molecule has 10 heteroatoms. The number of amides is 3. The third-order valence-corrected chi connectivity index (χ3v) is 9.09. The van der Waals surface area contributed by atoms with Gasteiger partial charge < -0.3 is 29.7 Å². The second kappa shape index (κ2) is 12.9. The molecule has 0 radical (unpaired) electrons. The first-order valence-corrected chi connectivity index (χ1v) is 14.8. The first-order chi connectivity index (χ1) is 19.2. The van der Waals surface area contributed by atoms with E-state index >= 15 is 0 Å². The number of carbonyl (C=O) groups is 4. The number of nitrogens with zero attached hydrogens (tertiary/aromatic N) is 2. The highest BCUT2D eigenvalue weighted by Crippen LogP contribution is 2.59. The van der Waals surface area contributed by atoms with E-state index in [2.05, 4.69) is 18.5 Å². The summed E-state index contributed by atoms with van der Waals surface area (Å²) in [5.74, 6) is -2.99. The van der Waals surface area contributed by atoms with E-state index in [1.54, 1.807) is 26.0 Å². The fourth-order valence-electron chi connectivity index (χ4n) is 7.21. The highest BCUT2D eigenvalue weighted by Gasteiger charge is 2.75. The summed E-state index contributed by atoms with van der Waals surface area (Å²) in [5, 5.41) is 12.8. The number of carbonyl (C=O) groups excluding carboxylic acids is 4. The highest BCUT2D eigenvalue weighted by molar-refractivity contribution is 5.98. The van der Waals surface area contributed by atoms with Crippen molar-refractivity contribution in [2.75, 3.05) is 19.7 Å². The number of likely N-dealkylation sites (tertiary alicyclic amines) is 1. The quantitative estimate of drug-likeness (QED) is 0.262. The van der Waals surface area contributed by atoms with E-state index in [4.69, 9.17) is 9.47 Å². The van der Waals surface area contributed by atoms with Crippen molar-refractivity contribution in [3.8, 4) is 0 Å². The summed E-state index contributed by atoms with van der Waals surface area (Å²) < 4.78 is 12.2. The average Bonchev–Trinajstić information content (AvgIpc) is 3.60. The molecule has 40 heavy (non-hydrogen) atoms. The third kappa shape index (κ3) is 5.57. The molecule has 1 aliphatic carbocycles. The zero-order valence-corrected chi connectivity index (χ0v) is 23.9. The van der Waals surface area contributed by atoms with E-state index in [-0.39, 0.29) is 36.9 Å². The molecule has 2 N–H and O–H groups in total. The first-order valence-electron chi connectivity index (χ1n) is 14.8. The largest absolute Gasteiger partial charge is 0.460 e. The normalized spacial score (nSPS) is 30.9. The van der Waals surface area contributed by atoms with Crippen molar-refractivity contribution in [1.82, 2.24) is 15.1 Å². The van der Waals surface area contributed by atoms with Gasteiger partial charge in [-0.3, -0.25) is 19.2 Å². The summed E-state index contributed by atoms with van der Waals surface area (Å²) in [7, 11) is 0. The van der Waals surface area contributed by atoms with Crippen LogP contribution in [0.1, 0.15) is 71.6 Å². The third-order valence-electron chi connectivity index (χ3n) is 9.09. The lowest BCUT2D eigenvalue weighted by atomic mass is 9.70. The highest BCUT2D eigenvalue weighted by atomic mass is 16.6. The van der Waals surface area contributed by atoms with Gasteiger partial charge in [0.2, 0.25) is 17.7 Å². The van der Waals surface area contributed by atoms with Crippen LogP contribution in [-0.2, 0) is 28.7 Å². The number of aliphatic hydroxyl groups is 1. The average molecular weight is 560 g/mol. The molecule has 4 rings (SSSR count). The van der Waals surface area contributed by atoms with Crippen molar-refractivity contribution in [3.63, 3.8) is 0 Å². The SMILES string of the molecule is C=CCCC(=O)NC[C@@H](C)OC(=O)[C@@H]1[C@@H]2CC[C@]3(O2)[C@H](C(=O)N(CC=C)C2CCCCC2)N([C@H](C)CO)C(=O)[C@@H]13. The molecule has 7 atom stereocenters. The smallest absolute Gasteiger partial charge is 0.312 e. The van der Waals surface area contributed by atoms with Crippen molar-refractivity contribution in [2.24, 2.45) is 11.8 Å². The van der Waals surface area contributed by atoms with Crippen molar-refractivity contribution >= 4 is 23.7 Å². The summed E-state index contributed by atoms with van der Waals surface area (Å²) in [4.78, 5) is 57.2. The van der Waals surface area contributed by atoms with Crippen LogP contribution >= 0.6 is 0 Å². The first kappa shape index (κ1) is 30.2. The zero-order chi connectivity index (χ0) is 29.0. The van der Waals surface area contributed by atoms with Crippen LogP contribution in [0.5, 0.6) is 0 Å². The van der Waals surface area contributed by atoms with Gasteiger partial charge in [0.15, 0.2) is 0 Å². The maximum Gasteiger partial charge on any atom is 0.312 e. The van der Waals surface area contributed by atoms with Crippen LogP contribution in [0.25, 0.3) is 0 Å². The van der Waals surface area contributed by atoms with Crippen LogP contribution in [0.15, 0.2) is 25.3 Å². The van der Waals surface area contributed by atoms with Gasteiger partial charge in [0.1, 0.15) is 17.7 Å². The van der Waals surface area contributed by atoms with Gasteiger partial charge in [-0.25, -0.2) is 0 Å². The van der Waals surface area contributed by atoms with Crippen molar-refractivity contribution in [2.45, 2.75) is 108 Å². The van der Waals surface area contributed by atoms with E-state index in [0.717, 1.165) is 32.1 Å². The fourth-order valence-corrected chi connectivity index (χ4v) is 7.21. The van der Waals surface area contributed by atoms with Crippen molar-refractivity contribution < 1.29 is 33.8 Å². The van der Waals surface area contributed by atoms with E-state index in [1.165, 1.54) is 4.90 Å². The molecule has 4 aliphatic rings. The van der Waals surface area contributed by atoms with Gasteiger partial charge in [0.05, 0.1) is 37.1 Å². The summed E-state index contributed by atoms with van der Waals surface area (Å²) in [6.07, 6.45) is 9.13. The molecular weight excluding hydrogens is 514 g/mol. The Labute approximate surface area is 237 Å². The molecule has 10 nitrogen and oxygen atoms in total. The van der Waals surface area contributed by atoms with Gasteiger partial charge in [-0.15, -0.1) is 13.2 Å². The predicted molar refractivity (Wildman–Crippen MR) is 148 cm³/mol. The van der Waals surface area contributed by atoms with Crippen molar-refractivity contribution in [1.29, 1.82) is 0 Å². The lowest BCUT2D eigenvalue weighted by Gasteiger charge is -2.41. The molecule has 1 spiro atoms. The maximum absolute atomic E-state index is 14.4. The summed E-state index contributed by atoms with van der Waals surface area (Å²) in [6, 6.07) is -1.50. The van der Waals surface area contributed by atoms with Gasteiger partial charge in [-0.2, -0.15) is 0 Å². The number of fused-ring (bicyclic) bond motifs is 1. The number of ether oxygens (including phenoxy) is 2. The molecule has 0 aromatic rings. The Morgan fingerprint density at radius 1 is 1.20 bits per heavy atom. The Balaban J connectivity index is 1.57. The molecule has 3 saturated heterocycles.